The zero-order valence-corrected chi connectivity index (χ0v) is 10.6. The van der Waals surface area contributed by atoms with Gasteiger partial charge in [0.25, 0.3) is 0 Å². The monoisotopic (exact) mass is 260 g/mol. The number of ether oxygens (including phenoxy) is 1. The highest BCUT2D eigenvalue weighted by atomic mass is 16.5. The Bertz CT molecular complexity index is 310. The molecule has 2 amide bonds. The number of carbonyl (C=O) groups excluding carboxylic acids is 1. The van der Waals surface area contributed by atoms with Crippen molar-refractivity contribution in [1.29, 1.82) is 0 Å². The third kappa shape index (κ3) is 3.85. The first-order valence-corrected chi connectivity index (χ1v) is 6.02. The zero-order chi connectivity index (χ0) is 13.7. The first-order valence-electron chi connectivity index (χ1n) is 6.02. The summed E-state index contributed by atoms with van der Waals surface area (Å²) in [5.74, 6) is -1.10. The standard InChI is InChI=1S/C11H20N2O5/c1-3-18-7(2)5-12-11(17)13-6-8(14)4-9(13)10(15)16/h7-9,14H,3-6H2,1-2H3,(H,12,17)(H,15,16). The molecule has 3 N–H and O–H groups in total. The van der Waals surface area contributed by atoms with Gasteiger partial charge in [0.15, 0.2) is 0 Å². The summed E-state index contributed by atoms with van der Waals surface area (Å²) >= 11 is 0. The second kappa shape index (κ2) is 6.55. The molecule has 7 heteroatoms. The molecule has 0 aliphatic carbocycles. The van der Waals surface area contributed by atoms with E-state index in [9.17, 15) is 14.7 Å². The molecule has 0 saturated carbocycles. The smallest absolute Gasteiger partial charge is 0.326 e. The Kier molecular flexibility index (Phi) is 5.36. The number of carboxylic acid groups (broad SMARTS) is 1. The van der Waals surface area contributed by atoms with Crippen LogP contribution in [-0.2, 0) is 9.53 Å². The number of aliphatic carboxylic acids is 1. The van der Waals surface area contributed by atoms with E-state index in [1.807, 2.05) is 13.8 Å². The average molecular weight is 260 g/mol. The Morgan fingerprint density at radius 3 is 2.78 bits per heavy atom. The van der Waals surface area contributed by atoms with Crippen LogP contribution in [0.4, 0.5) is 4.79 Å². The summed E-state index contributed by atoms with van der Waals surface area (Å²) in [7, 11) is 0. The zero-order valence-electron chi connectivity index (χ0n) is 10.6. The van der Waals surface area contributed by atoms with E-state index in [4.69, 9.17) is 9.84 Å². The number of urea groups is 1. The summed E-state index contributed by atoms with van der Waals surface area (Å²) < 4.78 is 5.25. The van der Waals surface area contributed by atoms with Crippen molar-refractivity contribution in [3.63, 3.8) is 0 Å². The summed E-state index contributed by atoms with van der Waals surface area (Å²) in [5.41, 5.74) is 0. The van der Waals surface area contributed by atoms with Crippen LogP contribution < -0.4 is 5.32 Å². The summed E-state index contributed by atoms with van der Waals surface area (Å²) in [5, 5.41) is 21.0. The molecule has 1 aliphatic heterocycles. The molecule has 3 unspecified atom stereocenters. The van der Waals surface area contributed by atoms with Gasteiger partial charge in [-0.3, -0.25) is 0 Å². The van der Waals surface area contributed by atoms with E-state index in [0.29, 0.717) is 13.2 Å². The molecular weight excluding hydrogens is 240 g/mol. The van der Waals surface area contributed by atoms with Crippen LogP contribution in [0.25, 0.3) is 0 Å². The maximum Gasteiger partial charge on any atom is 0.326 e. The second-order valence-electron chi connectivity index (χ2n) is 4.35. The number of carboxylic acids is 1. The van der Waals surface area contributed by atoms with Crippen LogP contribution in [0.1, 0.15) is 20.3 Å². The van der Waals surface area contributed by atoms with Gasteiger partial charge in [0.2, 0.25) is 0 Å². The molecule has 0 aromatic carbocycles. The van der Waals surface area contributed by atoms with Crippen LogP contribution in [0.15, 0.2) is 0 Å². The van der Waals surface area contributed by atoms with Gasteiger partial charge in [0, 0.05) is 26.1 Å². The third-order valence-electron chi connectivity index (χ3n) is 2.82. The van der Waals surface area contributed by atoms with Crippen LogP contribution in [0.2, 0.25) is 0 Å². The van der Waals surface area contributed by atoms with Crippen molar-refractivity contribution in [2.24, 2.45) is 0 Å². The number of hydrogen-bond donors (Lipinski definition) is 3. The Balaban J connectivity index is 2.47. The first kappa shape index (κ1) is 14.7. The van der Waals surface area contributed by atoms with Crippen LogP contribution in [0, 0.1) is 0 Å². The van der Waals surface area contributed by atoms with Gasteiger partial charge < -0.3 is 25.2 Å². The van der Waals surface area contributed by atoms with Gasteiger partial charge in [-0.2, -0.15) is 0 Å². The van der Waals surface area contributed by atoms with Crippen LogP contribution in [-0.4, -0.2) is 65.1 Å². The van der Waals surface area contributed by atoms with Crippen molar-refractivity contribution in [2.75, 3.05) is 19.7 Å². The molecule has 0 aromatic heterocycles. The highest BCUT2D eigenvalue weighted by molar-refractivity contribution is 5.83. The lowest BCUT2D eigenvalue weighted by Gasteiger charge is -2.22. The number of rotatable bonds is 5. The molecule has 1 fully saturated rings. The highest BCUT2D eigenvalue weighted by Crippen LogP contribution is 2.17. The summed E-state index contributed by atoms with van der Waals surface area (Å²) in [6.45, 7) is 4.58. The molecule has 0 bridgehead atoms. The van der Waals surface area contributed by atoms with Crippen molar-refractivity contribution in [3.8, 4) is 0 Å². The van der Waals surface area contributed by atoms with Crippen molar-refractivity contribution < 1.29 is 24.5 Å². The average Bonchev–Trinajstić information content (AvgIpc) is 2.69. The first-order chi connectivity index (χ1) is 8.45. The summed E-state index contributed by atoms with van der Waals surface area (Å²) in [4.78, 5) is 23.9. The molecule has 0 aromatic rings. The Hall–Kier alpha value is -1.34. The molecule has 1 heterocycles. The van der Waals surface area contributed by atoms with Crippen molar-refractivity contribution in [1.82, 2.24) is 10.2 Å². The van der Waals surface area contributed by atoms with Crippen molar-refractivity contribution in [2.45, 2.75) is 38.5 Å². The van der Waals surface area contributed by atoms with Crippen molar-refractivity contribution in [3.05, 3.63) is 0 Å². The Labute approximate surface area is 106 Å². The topological polar surface area (TPSA) is 99.1 Å². The van der Waals surface area contributed by atoms with Gasteiger partial charge in [-0.05, 0) is 13.8 Å². The number of aliphatic hydroxyl groups excluding tert-OH is 1. The summed E-state index contributed by atoms with van der Waals surface area (Å²) in [6.07, 6.45) is -0.833. The van der Waals surface area contributed by atoms with Gasteiger partial charge in [-0.25, -0.2) is 9.59 Å². The molecule has 0 spiro atoms. The quantitative estimate of drug-likeness (QED) is 0.627. The van der Waals surface area contributed by atoms with Crippen LogP contribution in [0.5, 0.6) is 0 Å². The number of hydrogen-bond acceptors (Lipinski definition) is 4. The molecule has 104 valence electrons. The minimum absolute atomic E-state index is 0.0474. The predicted molar refractivity (Wildman–Crippen MR) is 63.2 cm³/mol. The number of likely N-dealkylation sites (tertiary alicyclic amines) is 1. The fourth-order valence-corrected chi connectivity index (χ4v) is 1.95. The van der Waals surface area contributed by atoms with Crippen LogP contribution in [0.3, 0.4) is 0 Å². The minimum atomic E-state index is -1.10. The molecular formula is C11H20N2O5. The Morgan fingerprint density at radius 2 is 2.22 bits per heavy atom. The fraction of sp³-hybridized carbons (Fsp3) is 0.818. The summed E-state index contributed by atoms with van der Waals surface area (Å²) in [6, 6.07) is -1.44. The van der Waals surface area contributed by atoms with Gasteiger partial charge >= 0.3 is 12.0 Å². The van der Waals surface area contributed by atoms with E-state index < -0.39 is 24.1 Å². The van der Waals surface area contributed by atoms with E-state index in [1.165, 1.54) is 0 Å². The fourth-order valence-electron chi connectivity index (χ4n) is 1.95. The van der Waals surface area contributed by atoms with Gasteiger partial charge in [0.1, 0.15) is 6.04 Å². The lowest BCUT2D eigenvalue weighted by atomic mass is 10.2. The van der Waals surface area contributed by atoms with E-state index in [0.717, 1.165) is 4.90 Å². The molecule has 7 nitrogen and oxygen atoms in total. The van der Waals surface area contributed by atoms with Crippen molar-refractivity contribution >= 4 is 12.0 Å². The van der Waals surface area contributed by atoms with Crippen LogP contribution >= 0.6 is 0 Å². The number of carbonyl (C=O) groups is 2. The molecule has 1 saturated heterocycles. The third-order valence-corrected chi connectivity index (χ3v) is 2.82. The number of nitrogens with zero attached hydrogens (tertiary/aromatic N) is 1. The second-order valence-corrected chi connectivity index (χ2v) is 4.35. The van der Waals surface area contributed by atoms with E-state index in [-0.39, 0.29) is 19.1 Å². The van der Waals surface area contributed by atoms with E-state index in [1.54, 1.807) is 0 Å². The van der Waals surface area contributed by atoms with E-state index in [2.05, 4.69) is 5.32 Å². The highest BCUT2D eigenvalue weighted by Gasteiger charge is 2.38. The normalized spacial score (nSPS) is 24.9. The largest absolute Gasteiger partial charge is 0.480 e. The Morgan fingerprint density at radius 1 is 1.56 bits per heavy atom. The lowest BCUT2D eigenvalue weighted by Crippen LogP contribution is -2.47. The molecule has 3 atom stereocenters. The lowest BCUT2D eigenvalue weighted by molar-refractivity contribution is -0.141. The SMILES string of the molecule is CCOC(C)CNC(=O)N1CC(O)CC1C(=O)O. The number of β-amino-alcohol motifs (C(OH)–C–C–N with tert-alkyl or cyclic N) is 1. The predicted octanol–water partition coefficient (Wildman–Crippen LogP) is -0.359. The minimum Gasteiger partial charge on any atom is -0.480 e. The molecule has 18 heavy (non-hydrogen) atoms. The molecule has 1 rings (SSSR count). The number of nitrogens with one attached hydrogen (secondary N) is 1. The maximum atomic E-state index is 11.8. The number of amides is 2. The maximum absolute atomic E-state index is 11.8. The molecule has 1 aliphatic rings. The van der Waals surface area contributed by atoms with Gasteiger partial charge in [-0.1, -0.05) is 0 Å². The number of aliphatic hydroxyl groups is 1. The van der Waals surface area contributed by atoms with Gasteiger partial charge in [-0.15, -0.1) is 0 Å². The van der Waals surface area contributed by atoms with E-state index >= 15 is 0 Å². The van der Waals surface area contributed by atoms with Gasteiger partial charge in [0.05, 0.1) is 12.2 Å². The molecule has 0 radical (unpaired) electrons.